The summed E-state index contributed by atoms with van der Waals surface area (Å²) in [6, 6.07) is 8.58. The molecule has 2 rings (SSSR count). The predicted molar refractivity (Wildman–Crippen MR) is 86.8 cm³/mol. The molecule has 0 aliphatic heterocycles. The molecule has 0 atom stereocenters. The molecule has 0 radical (unpaired) electrons. The number of rotatable bonds is 4. The molecule has 2 aromatic rings. The molecule has 2 aromatic carbocycles. The lowest BCUT2D eigenvalue weighted by molar-refractivity contribution is -0.137. The third-order valence-electron chi connectivity index (χ3n) is 3.17. The SMILES string of the molecule is CC(=O)NS(=O)(=O)c1ccc(NC(=O)c2ccc(C(F)(F)F)cc2)cc1. The van der Waals surface area contributed by atoms with Crippen molar-refractivity contribution >= 4 is 27.5 Å². The first kappa shape index (κ1) is 19.4. The maximum atomic E-state index is 12.5. The van der Waals surface area contributed by atoms with Gasteiger partial charge >= 0.3 is 6.18 Å². The van der Waals surface area contributed by atoms with Crippen LogP contribution < -0.4 is 10.0 Å². The van der Waals surface area contributed by atoms with Gasteiger partial charge in [-0.15, -0.1) is 0 Å². The molecule has 2 N–H and O–H groups in total. The van der Waals surface area contributed by atoms with Crippen LogP contribution in [-0.2, 0) is 21.0 Å². The van der Waals surface area contributed by atoms with E-state index >= 15 is 0 Å². The van der Waals surface area contributed by atoms with Crippen LogP contribution in [0.4, 0.5) is 18.9 Å². The molecular formula is C16H13F3N2O4S. The molecule has 0 fully saturated rings. The molecule has 0 spiro atoms. The molecule has 10 heteroatoms. The van der Waals surface area contributed by atoms with Gasteiger partial charge in [0.1, 0.15) is 0 Å². The third kappa shape index (κ3) is 4.82. The smallest absolute Gasteiger partial charge is 0.322 e. The quantitative estimate of drug-likeness (QED) is 0.845. The van der Waals surface area contributed by atoms with Crippen molar-refractivity contribution in [1.82, 2.24) is 4.72 Å². The average molecular weight is 386 g/mol. The van der Waals surface area contributed by atoms with Crippen LogP contribution in [0.25, 0.3) is 0 Å². The topological polar surface area (TPSA) is 92.3 Å². The van der Waals surface area contributed by atoms with Gasteiger partial charge < -0.3 is 5.32 Å². The van der Waals surface area contributed by atoms with E-state index in [0.717, 1.165) is 31.2 Å². The van der Waals surface area contributed by atoms with Crippen LogP contribution in [0.1, 0.15) is 22.8 Å². The molecule has 138 valence electrons. The van der Waals surface area contributed by atoms with Gasteiger partial charge in [-0.3, -0.25) is 9.59 Å². The number of sulfonamides is 1. The Morgan fingerprint density at radius 1 is 0.923 bits per heavy atom. The first-order valence-corrected chi connectivity index (χ1v) is 8.59. The Labute approximate surface area is 147 Å². The van der Waals surface area contributed by atoms with Gasteiger partial charge in [0.2, 0.25) is 5.91 Å². The van der Waals surface area contributed by atoms with Gasteiger partial charge in [-0.1, -0.05) is 0 Å². The van der Waals surface area contributed by atoms with E-state index in [2.05, 4.69) is 5.32 Å². The average Bonchev–Trinajstić information content (AvgIpc) is 2.53. The number of nitrogens with one attached hydrogen (secondary N) is 2. The zero-order valence-corrected chi connectivity index (χ0v) is 14.1. The van der Waals surface area contributed by atoms with E-state index in [4.69, 9.17) is 0 Å². The van der Waals surface area contributed by atoms with E-state index in [1.807, 2.05) is 0 Å². The van der Waals surface area contributed by atoms with Gasteiger partial charge in [0.15, 0.2) is 0 Å². The highest BCUT2D eigenvalue weighted by Gasteiger charge is 2.30. The Bertz CT molecular complexity index is 921. The molecule has 0 aliphatic carbocycles. The number of alkyl halides is 3. The lowest BCUT2D eigenvalue weighted by Gasteiger charge is -2.09. The fourth-order valence-electron chi connectivity index (χ4n) is 1.98. The fourth-order valence-corrected chi connectivity index (χ4v) is 2.97. The minimum absolute atomic E-state index is 0.00736. The van der Waals surface area contributed by atoms with E-state index in [1.165, 1.54) is 24.3 Å². The van der Waals surface area contributed by atoms with E-state index in [9.17, 15) is 31.2 Å². The normalized spacial score (nSPS) is 11.7. The molecule has 0 aliphatic rings. The predicted octanol–water partition coefficient (Wildman–Crippen LogP) is 2.78. The highest BCUT2D eigenvalue weighted by atomic mass is 32.2. The van der Waals surface area contributed by atoms with Crippen molar-refractivity contribution < 1.29 is 31.2 Å². The van der Waals surface area contributed by atoms with Crippen molar-refractivity contribution in [2.24, 2.45) is 0 Å². The van der Waals surface area contributed by atoms with Crippen LogP contribution >= 0.6 is 0 Å². The van der Waals surface area contributed by atoms with Gasteiger partial charge in [0.25, 0.3) is 15.9 Å². The van der Waals surface area contributed by atoms with E-state index in [1.54, 1.807) is 4.72 Å². The minimum atomic E-state index is -4.50. The molecule has 6 nitrogen and oxygen atoms in total. The number of hydrogen-bond acceptors (Lipinski definition) is 4. The second-order valence-corrected chi connectivity index (χ2v) is 6.90. The number of halogens is 3. The Hall–Kier alpha value is -2.88. The molecular weight excluding hydrogens is 373 g/mol. The van der Waals surface area contributed by atoms with Crippen molar-refractivity contribution in [2.75, 3.05) is 5.32 Å². The summed E-state index contributed by atoms with van der Waals surface area (Å²) in [6.45, 7) is 1.05. The highest BCUT2D eigenvalue weighted by Crippen LogP contribution is 2.29. The molecule has 2 amide bonds. The standard InChI is InChI=1S/C16H13F3N2O4S/c1-10(22)21-26(24,25)14-8-6-13(7-9-14)20-15(23)11-2-4-12(5-3-11)16(17,18)19/h2-9H,1H3,(H,20,23)(H,21,22). The summed E-state index contributed by atoms with van der Waals surface area (Å²) in [5.41, 5.74) is -0.633. The Kier molecular flexibility index (Phi) is 5.36. The fraction of sp³-hybridized carbons (Fsp3) is 0.125. The monoisotopic (exact) mass is 386 g/mol. The van der Waals surface area contributed by atoms with Gasteiger partial charge in [0.05, 0.1) is 10.5 Å². The lowest BCUT2D eigenvalue weighted by atomic mass is 10.1. The van der Waals surface area contributed by atoms with Crippen molar-refractivity contribution in [3.05, 3.63) is 59.7 Å². The number of hydrogen-bond donors (Lipinski definition) is 2. The van der Waals surface area contributed by atoms with Crippen LogP contribution in [0.3, 0.4) is 0 Å². The Morgan fingerprint density at radius 2 is 1.46 bits per heavy atom. The number of carbonyl (C=O) groups is 2. The van der Waals surface area contributed by atoms with Gasteiger partial charge in [-0.25, -0.2) is 13.1 Å². The molecule has 0 bridgehead atoms. The third-order valence-corrected chi connectivity index (χ3v) is 4.62. The highest BCUT2D eigenvalue weighted by molar-refractivity contribution is 7.90. The van der Waals surface area contributed by atoms with Crippen molar-refractivity contribution in [2.45, 2.75) is 18.0 Å². The van der Waals surface area contributed by atoms with Crippen molar-refractivity contribution in [3.63, 3.8) is 0 Å². The summed E-state index contributed by atoms with van der Waals surface area (Å²) >= 11 is 0. The van der Waals surface area contributed by atoms with Gasteiger partial charge in [-0.05, 0) is 48.5 Å². The van der Waals surface area contributed by atoms with Crippen LogP contribution in [-0.4, -0.2) is 20.2 Å². The zero-order chi connectivity index (χ0) is 19.5. The summed E-state index contributed by atoms with van der Waals surface area (Å²) < 4.78 is 62.9. The first-order valence-electron chi connectivity index (χ1n) is 7.11. The van der Waals surface area contributed by atoms with Crippen molar-refractivity contribution in [1.29, 1.82) is 0 Å². The van der Waals surface area contributed by atoms with E-state index in [0.29, 0.717) is 0 Å². The minimum Gasteiger partial charge on any atom is -0.322 e. The first-order chi connectivity index (χ1) is 12.0. The number of amides is 2. The van der Waals surface area contributed by atoms with Crippen LogP contribution in [0.15, 0.2) is 53.4 Å². The largest absolute Gasteiger partial charge is 0.416 e. The van der Waals surface area contributed by atoms with E-state index < -0.39 is 33.6 Å². The second-order valence-electron chi connectivity index (χ2n) is 5.22. The van der Waals surface area contributed by atoms with Crippen LogP contribution in [0.2, 0.25) is 0 Å². The summed E-state index contributed by atoms with van der Waals surface area (Å²) in [4.78, 5) is 22.7. The zero-order valence-electron chi connectivity index (χ0n) is 13.3. The lowest BCUT2D eigenvalue weighted by Crippen LogP contribution is -2.28. The summed E-state index contributed by atoms with van der Waals surface area (Å²) in [5, 5.41) is 2.43. The Balaban J connectivity index is 2.11. The summed E-state index contributed by atoms with van der Waals surface area (Å²) in [5.74, 6) is -1.40. The molecule has 0 unspecified atom stereocenters. The molecule has 0 saturated heterocycles. The van der Waals surface area contributed by atoms with Crippen LogP contribution in [0, 0.1) is 0 Å². The second kappa shape index (κ2) is 7.16. The van der Waals surface area contributed by atoms with Gasteiger partial charge in [-0.2, -0.15) is 13.2 Å². The molecule has 0 saturated carbocycles. The van der Waals surface area contributed by atoms with Crippen molar-refractivity contribution in [3.8, 4) is 0 Å². The molecule has 26 heavy (non-hydrogen) atoms. The van der Waals surface area contributed by atoms with E-state index in [-0.39, 0.29) is 16.1 Å². The van der Waals surface area contributed by atoms with Gasteiger partial charge in [0, 0.05) is 18.2 Å². The maximum Gasteiger partial charge on any atom is 0.416 e. The number of benzene rings is 2. The number of anilines is 1. The maximum absolute atomic E-state index is 12.5. The summed E-state index contributed by atoms with van der Waals surface area (Å²) in [7, 11) is -3.99. The number of carbonyl (C=O) groups excluding carboxylic acids is 2. The van der Waals surface area contributed by atoms with Crippen LogP contribution in [0.5, 0.6) is 0 Å². The Morgan fingerprint density at radius 3 is 1.92 bits per heavy atom. The molecule has 0 aromatic heterocycles. The molecule has 0 heterocycles. The summed E-state index contributed by atoms with van der Waals surface area (Å²) in [6.07, 6.45) is -4.50.